The second-order valence-electron chi connectivity index (χ2n) is 7.26. The molecule has 0 atom stereocenters. The van der Waals surface area contributed by atoms with Crippen molar-refractivity contribution >= 4 is 21.7 Å². The van der Waals surface area contributed by atoms with Gasteiger partial charge in [0.2, 0.25) is 0 Å². The molecule has 1 aromatic rings. The molecule has 2 rings (SSSR count). The minimum Gasteiger partial charge on any atom is -0.383 e. The molecule has 0 spiro atoms. The Morgan fingerprint density at radius 1 is 1.25 bits per heavy atom. The summed E-state index contributed by atoms with van der Waals surface area (Å²) >= 11 is 3.53. The highest BCUT2D eigenvalue weighted by Crippen LogP contribution is 2.42. The Morgan fingerprint density at radius 3 is 2.40 bits per heavy atom. The van der Waals surface area contributed by atoms with Crippen LogP contribution in [-0.4, -0.2) is 9.97 Å². The van der Waals surface area contributed by atoms with E-state index in [-0.39, 0.29) is 0 Å². The molecule has 1 saturated carbocycles. The highest BCUT2D eigenvalue weighted by Gasteiger charge is 2.29. The van der Waals surface area contributed by atoms with Crippen molar-refractivity contribution in [2.75, 3.05) is 5.73 Å². The van der Waals surface area contributed by atoms with E-state index in [0.29, 0.717) is 23.1 Å². The van der Waals surface area contributed by atoms with Gasteiger partial charge in [0.05, 0.1) is 10.2 Å². The maximum absolute atomic E-state index is 6.06. The molecule has 2 N–H and O–H groups in total. The Balaban J connectivity index is 2.22. The van der Waals surface area contributed by atoms with Gasteiger partial charge in [0.15, 0.2) is 0 Å². The predicted molar refractivity (Wildman–Crippen MR) is 87.7 cm³/mol. The van der Waals surface area contributed by atoms with Crippen LogP contribution in [0.4, 0.5) is 5.82 Å². The summed E-state index contributed by atoms with van der Waals surface area (Å²) < 4.78 is 0.881. The molecule has 4 heteroatoms. The zero-order valence-corrected chi connectivity index (χ0v) is 14.6. The monoisotopic (exact) mass is 339 g/mol. The zero-order valence-electron chi connectivity index (χ0n) is 13.0. The van der Waals surface area contributed by atoms with Gasteiger partial charge in [-0.3, -0.25) is 0 Å². The van der Waals surface area contributed by atoms with Crippen molar-refractivity contribution in [3.63, 3.8) is 0 Å². The summed E-state index contributed by atoms with van der Waals surface area (Å²) in [6.07, 6.45) is 5.79. The molecule has 1 aromatic heterocycles. The molecule has 0 radical (unpaired) electrons. The van der Waals surface area contributed by atoms with Gasteiger partial charge in [-0.25, -0.2) is 9.97 Å². The van der Waals surface area contributed by atoms with Crippen LogP contribution in [0.1, 0.15) is 70.8 Å². The molecular formula is C16H26BrN3. The molecule has 1 aliphatic carbocycles. The van der Waals surface area contributed by atoms with Crippen molar-refractivity contribution in [3.05, 3.63) is 16.0 Å². The van der Waals surface area contributed by atoms with Crippen LogP contribution < -0.4 is 5.73 Å². The van der Waals surface area contributed by atoms with Gasteiger partial charge in [-0.2, -0.15) is 0 Å². The minimum atomic E-state index is 0.470. The molecular weight excluding hydrogens is 314 g/mol. The van der Waals surface area contributed by atoms with E-state index in [4.69, 9.17) is 10.7 Å². The lowest BCUT2D eigenvalue weighted by Crippen LogP contribution is -2.22. The number of hydrogen-bond donors (Lipinski definition) is 1. The predicted octanol–water partition coefficient (Wildman–Crippen LogP) is 4.70. The van der Waals surface area contributed by atoms with Gasteiger partial charge in [0.1, 0.15) is 11.6 Å². The lowest BCUT2D eigenvalue weighted by atomic mass is 9.73. The highest BCUT2D eigenvalue weighted by atomic mass is 79.9. The molecule has 0 aromatic carbocycles. The van der Waals surface area contributed by atoms with Crippen molar-refractivity contribution in [3.8, 4) is 0 Å². The fourth-order valence-corrected chi connectivity index (χ4v) is 3.23. The summed E-state index contributed by atoms with van der Waals surface area (Å²) in [6.45, 7) is 9.11. The number of nitrogens with zero attached hydrogens (tertiary/aromatic N) is 2. The second-order valence-corrected chi connectivity index (χ2v) is 8.06. The maximum atomic E-state index is 6.06. The molecule has 112 valence electrons. The average molecular weight is 340 g/mol. The number of hydrogen-bond acceptors (Lipinski definition) is 3. The Hall–Kier alpha value is -0.640. The smallest absolute Gasteiger partial charge is 0.141 e. The lowest BCUT2D eigenvalue weighted by molar-refractivity contribution is 0.220. The first-order valence-electron chi connectivity index (χ1n) is 7.60. The van der Waals surface area contributed by atoms with Gasteiger partial charge in [-0.1, -0.05) is 27.7 Å². The first-order chi connectivity index (χ1) is 9.28. The van der Waals surface area contributed by atoms with Crippen LogP contribution >= 0.6 is 15.9 Å². The summed E-state index contributed by atoms with van der Waals surface area (Å²) in [6, 6.07) is 0. The first kappa shape index (κ1) is 15.7. The molecule has 0 bridgehead atoms. The fourth-order valence-electron chi connectivity index (χ4n) is 2.89. The van der Waals surface area contributed by atoms with Crippen molar-refractivity contribution in [1.29, 1.82) is 0 Å². The molecule has 0 unspecified atom stereocenters. The third-order valence-corrected chi connectivity index (χ3v) is 5.13. The largest absolute Gasteiger partial charge is 0.383 e. The number of rotatable bonds is 3. The number of aromatic nitrogens is 2. The summed E-state index contributed by atoms with van der Waals surface area (Å²) in [5.41, 5.74) is 7.59. The average Bonchev–Trinajstić information content (AvgIpc) is 2.34. The Labute approximate surface area is 130 Å². The molecule has 1 heterocycles. The van der Waals surface area contributed by atoms with Crippen LogP contribution in [0.5, 0.6) is 0 Å². The van der Waals surface area contributed by atoms with E-state index in [2.05, 4.69) is 48.6 Å². The molecule has 3 nitrogen and oxygen atoms in total. The summed E-state index contributed by atoms with van der Waals surface area (Å²) in [4.78, 5) is 9.34. The fraction of sp³-hybridized carbons (Fsp3) is 0.750. The van der Waals surface area contributed by atoms with Crippen molar-refractivity contribution < 1.29 is 0 Å². The third kappa shape index (κ3) is 3.72. The Bertz CT molecular complexity index is 473. The second kappa shape index (κ2) is 6.00. The normalized spacial score (nSPS) is 19.5. The number of nitrogens with two attached hydrogens (primary N) is 1. The van der Waals surface area contributed by atoms with E-state index in [9.17, 15) is 0 Å². The van der Waals surface area contributed by atoms with Crippen LogP contribution in [0.3, 0.4) is 0 Å². The molecule has 0 aliphatic heterocycles. The van der Waals surface area contributed by atoms with Gasteiger partial charge < -0.3 is 5.73 Å². The van der Waals surface area contributed by atoms with Crippen molar-refractivity contribution in [1.82, 2.24) is 9.97 Å². The van der Waals surface area contributed by atoms with E-state index in [1.165, 1.54) is 25.7 Å². The topological polar surface area (TPSA) is 51.8 Å². The molecule has 1 fully saturated rings. The lowest BCUT2D eigenvalue weighted by Gasteiger charge is -2.33. The van der Waals surface area contributed by atoms with Crippen molar-refractivity contribution in [2.45, 2.75) is 65.7 Å². The van der Waals surface area contributed by atoms with E-state index in [0.717, 1.165) is 22.4 Å². The third-order valence-electron chi connectivity index (χ3n) is 4.27. The number of anilines is 1. The van der Waals surface area contributed by atoms with E-state index >= 15 is 0 Å². The highest BCUT2D eigenvalue weighted by molar-refractivity contribution is 9.10. The van der Waals surface area contributed by atoms with E-state index < -0.39 is 0 Å². The maximum Gasteiger partial charge on any atom is 0.141 e. The summed E-state index contributed by atoms with van der Waals surface area (Å²) in [5, 5.41) is 0. The summed E-state index contributed by atoms with van der Waals surface area (Å²) in [7, 11) is 0. The standard InChI is InChI=1S/C16H26BrN3/c1-10(2)9-12-13(17)14(18)20-15(19-12)11-5-7-16(3,4)8-6-11/h10-11H,5-9H2,1-4H3,(H2,18,19,20). The van der Waals surface area contributed by atoms with E-state index in [1.54, 1.807) is 0 Å². The van der Waals surface area contributed by atoms with Gasteiger partial charge >= 0.3 is 0 Å². The SMILES string of the molecule is CC(C)Cc1nc(C2CCC(C)(C)CC2)nc(N)c1Br. The zero-order chi connectivity index (χ0) is 14.9. The molecule has 0 amide bonds. The molecule has 20 heavy (non-hydrogen) atoms. The minimum absolute atomic E-state index is 0.470. The van der Waals surface area contributed by atoms with Crippen LogP contribution in [-0.2, 0) is 6.42 Å². The van der Waals surface area contributed by atoms with E-state index in [1.807, 2.05) is 0 Å². The molecule has 0 saturated heterocycles. The van der Waals surface area contributed by atoms with Gasteiger partial charge in [-0.15, -0.1) is 0 Å². The van der Waals surface area contributed by atoms with Gasteiger partial charge in [0, 0.05) is 5.92 Å². The van der Waals surface area contributed by atoms with Crippen molar-refractivity contribution in [2.24, 2.45) is 11.3 Å². The van der Waals surface area contributed by atoms with Crippen LogP contribution in [0.15, 0.2) is 4.47 Å². The van der Waals surface area contributed by atoms with Crippen LogP contribution in [0, 0.1) is 11.3 Å². The Morgan fingerprint density at radius 2 is 1.85 bits per heavy atom. The van der Waals surface area contributed by atoms with Crippen LogP contribution in [0.25, 0.3) is 0 Å². The molecule has 1 aliphatic rings. The quantitative estimate of drug-likeness (QED) is 0.867. The number of halogens is 1. The Kier molecular flexibility index (Phi) is 4.73. The number of nitrogen functional groups attached to an aromatic ring is 1. The van der Waals surface area contributed by atoms with Gasteiger partial charge in [0.25, 0.3) is 0 Å². The van der Waals surface area contributed by atoms with Gasteiger partial charge in [-0.05, 0) is 59.4 Å². The summed E-state index contributed by atoms with van der Waals surface area (Å²) in [5.74, 6) is 2.59. The van der Waals surface area contributed by atoms with Crippen LogP contribution in [0.2, 0.25) is 0 Å². The first-order valence-corrected chi connectivity index (χ1v) is 8.39.